The van der Waals surface area contributed by atoms with E-state index in [2.05, 4.69) is 31.6 Å². The Labute approximate surface area is 337 Å². The minimum Gasteiger partial charge on any atom is -0.391 e. The lowest BCUT2D eigenvalue weighted by molar-refractivity contribution is -0.143. The third-order valence-corrected chi connectivity index (χ3v) is 10.9. The summed E-state index contributed by atoms with van der Waals surface area (Å²) < 4.78 is 0. The van der Waals surface area contributed by atoms with Crippen LogP contribution in [0.1, 0.15) is 50.8 Å². The van der Waals surface area contributed by atoms with Crippen LogP contribution in [-0.4, -0.2) is 99.3 Å². The summed E-state index contributed by atoms with van der Waals surface area (Å²) >= 11 is 0. The number of hydrogen-bond acceptors (Lipinski definition) is 7. The Morgan fingerprint density at radius 2 is 1.07 bits per heavy atom. The van der Waals surface area contributed by atoms with Crippen molar-refractivity contribution in [1.29, 1.82) is 0 Å². The number of fused-ring (bicyclic) bond motifs is 2. The molecule has 2 aliphatic heterocycles. The van der Waals surface area contributed by atoms with E-state index >= 15 is 0 Å². The van der Waals surface area contributed by atoms with Gasteiger partial charge < -0.3 is 41.6 Å². The summed E-state index contributed by atoms with van der Waals surface area (Å²) in [6.45, 7) is 6.81. The second-order valence-electron chi connectivity index (χ2n) is 16.0. The van der Waals surface area contributed by atoms with Gasteiger partial charge in [-0.2, -0.15) is 0 Å². The van der Waals surface area contributed by atoms with Crippen LogP contribution < -0.4 is 26.6 Å². The summed E-state index contributed by atoms with van der Waals surface area (Å²) in [6, 6.07) is 18.7. The van der Waals surface area contributed by atoms with Gasteiger partial charge in [-0.15, -0.1) is 0 Å². The molecule has 7 atom stereocenters. The molecule has 0 aliphatic carbocycles. The molecule has 0 bridgehead atoms. The number of H-pyrrole nitrogens is 1. The van der Waals surface area contributed by atoms with E-state index in [1.54, 1.807) is 46.0 Å². The minimum absolute atomic E-state index is 0.0224. The summed E-state index contributed by atoms with van der Waals surface area (Å²) in [5.41, 5.74) is 3.03. The molecule has 306 valence electrons. The van der Waals surface area contributed by atoms with Gasteiger partial charge in [0.2, 0.25) is 35.4 Å². The molecule has 3 aromatic carbocycles. The molecular formula is C44H53N7O7. The zero-order chi connectivity index (χ0) is 41.5. The molecule has 0 unspecified atom stereocenters. The van der Waals surface area contributed by atoms with E-state index < -0.39 is 89.6 Å². The number of carbonyl (C=O) groups is 6. The zero-order valence-corrected chi connectivity index (χ0v) is 33.2. The standard InChI is InChI=1S/C44H53N7O7/c1-25(2)37-42(56)47-33(19-27-13-7-5-8-14-27)39(53)46-34(21-29-23-45-32-18-12-11-17-31(29)32)40(54)48-35(20-28-15-9-6-10-16-28)44(58)51-24-30(52)22-36(51)41(55)49-38(26(3)4)43(57)50-37/h5-18,23,25-26,30,33-38,45,52H,19-22,24H2,1-4H3,(H,46,53)(H,47,56)(H,48,54)(H,49,55)(H,50,57)/t30-,33+,34-,35+,36-,37+,38+/m1/s1. The number of hydrogen-bond donors (Lipinski definition) is 7. The summed E-state index contributed by atoms with van der Waals surface area (Å²) in [4.78, 5) is 90.3. The topological polar surface area (TPSA) is 202 Å². The maximum atomic E-state index is 14.6. The monoisotopic (exact) mass is 791 g/mol. The average Bonchev–Trinajstić information content (AvgIpc) is 3.81. The van der Waals surface area contributed by atoms with Crippen LogP contribution in [0.15, 0.2) is 91.1 Å². The maximum absolute atomic E-state index is 14.6. The Morgan fingerprint density at radius 1 is 0.586 bits per heavy atom. The summed E-state index contributed by atoms with van der Waals surface area (Å²) in [7, 11) is 0. The van der Waals surface area contributed by atoms with Crippen LogP contribution in [0.25, 0.3) is 10.9 Å². The minimum atomic E-state index is -1.23. The van der Waals surface area contributed by atoms with Crippen molar-refractivity contribution in [3.63, 3.8) is 0 Å². The van der Waals surface area contributed by atoms with Crippen molar-refractivity contribution in [2.45, 2.75) is 95.7 Å². The second-order valence-corrected chi connectivity index (χ2v) is 16.0. The van der Waals surface area contributed by atoms with Gasteiger partial charge in [0.25, 0.3) is 0 Å². The van der Waals surface area contributed by atoms with Gasteiger partial charge in [-0.3, -0.25) is 28.8 Å². The predicted molar refractivity (Wildman–Crippen MR) is 218 cm³/mol. The Hall–Kier alpha value is -6.02. The molecule has 4 aromatic rings. The molecule has 58 heavy (non-hydrogen) atoms. The van der Waals surface area contributed by atoms with Crippen LogP contribution in [0.5, 0.6) is 0 Å². The highest BCUT2D eigenvalue weighted by Crippen LogP contribution is 2.23. The number of rotatable bonds is 8. The van der Waals surface area contributed by atoms with E-state index in [1.165, 1.54) is 4.90 Å². The van der Waals surface area contributed by atoms with Crippen molar-refractivity contribution < 1.29 is 33.9 Å². The Balaban J connectivity index is 1.43. The van der Waals surface area contributed by atoms with Crippen LogP contribution in [0, 0.1) is 11.8 Å². The van der Waals surface area contributed by atoms with E-state index in [9.17, 15) is 33.9 Å². The molecule has 2 saturated heterocycles. The molecule has 14 heteroatoms. The lowest BCUT2D eigenvalue weighted by Crippen LogP contribution is -2.63. The molecule has 0 saturated carbocycles. The number of nitrogens with zero attached hydrogens (tertiary/aromatic N) is 1. The van der Waals surface area contributed by atoms with Crippen LogP contribution in [-0.2, 0) is 48.0 Å². The number of benzene rings is 3. The smallest absolute Gasteiger partial charge is 0.246 e. The molecule has 0 spiro atoms. The van der Waals surface area contributed by atoms with E-state index in [4.69, 9.17) is 0 Å². The SMILES string of the molecule is CC(C)[C@@H]1NC(=O)[C@H](C(C)C)NC(=O)[C@H]2C[C@@H](O)CN2C(=O)[C@H](Cc2ccccc2)NC(=O)[C@@H](Cc2c[nH]c3ccccc23)NC(=O)[C@H](Cc2ccccc2)NC1=O. The predicted octanol–water partition coefficient (Wildman–Crippen LogP) is 1.91. The van der Waals surface area contributed by atoms with E-state index in [1.807, 2.05) is 72.8 Å². The molecule has 6 rings (SSSR count). The number of aliphatic hydroxyl groups is 1. The lowest BCUT2D eigenvalue weighted by atomic mass is 9.97. The molecule has 6 amide bonds. The van der Waals surface area contributed by atoms with Crippen LogP contribution in [0.4, 0.5) is 0 Å². The molecular weight excluding hydrogens is 739 g/mol. The Bertz CT molecular complexity index is 2100. The Kier molecular flexibility index (Phi) is 13.3. The highest BCUT2D eigenvalue weighted by Gasteiger charge is 2.44. The summed E-state index contributed by atoms with van der Waals surface area (Å²) in [5.74, 6) is -4.66. The fraction of sp³-hybridized carbons (Fsp3) is 0.409. The first-order valence-electron chi connectivity index (χ1n) is 19.9. The number of para-hydroxylation sites is 1. The van der Waals surface area contributed by atoms with Gasteiger partial charge in [0, 0.05) is 49.3 Å². The van der Waals surface area contributed by atoms with Crippen LogP contribution >= 0.6 is 0 Å². The largest absolute Gasteiger partial charge is 0.391 e. The van der Waals surface area contributed by atoms with Crippen molar-refractivity contribution in [3.05, 3.63) is 108 Å². The Morgan fingerprint density at radius 3 is 1.67 bits per heavy atom. The maximum Gasteiger partial charge on any atom is 0.246 e. The van der Waals surface area contributed by atoms with E-state index in [0.717, 1.165) is 27.6 Å². The van der Waals surface area contributed by atoms with E-state index in [-0.39, 0.29) is 32.2 Å². The van der Waals surface area contributed by atoms with Crippen molar-refractivity contribution >= 4 is 46.3 Å². The first-order valence-corrected chi connectivity index (χ1v) is 19.9. The van der Waals surface area contributed by atoms with Crippen LogP contribution in [0.3, 0.4) is 0 Å². The molecule has 1 aromatic heterocycles. The van der Waals surface area contributed by atoms with Gasteiger partial charge >= 0.3 is 0 Å². The third-order valence-electron chi connectivity index (χ3n) is 10.9. The molecule has 3 heterocycles. The zero-order valence-electron chi connectivity index (χ0n) is 33.2. The number of aromatic amines is 1. The molecule has 2 aliphatic rings. The van der Waals surface area contributed by atoms with Gasteiger partial charge in [0.15, 0.2) is 0 Å². The fourth-order valence-corrected chi connectivity index (χ4v) is 7.71. The fourth-order valence-electron chi connectivity index (χ4n) is 7.71. The number of nitrogens with one attached hydrogen (secondary N) is 6. The molecule has 0 radical (unpaired) electrons. The van der Waals surface area contributed by atoms with Crippen molar-refractivity contribution in [2.24, 2.45) is 11.8 Å². The third kappa shape index (κ3) is 9.91. The van der Waals surface area contributed by atoms with Crippen molar-refractivity contribution in [1.82, 2.24) is 36.5 Å². The van der Waals surface area contributed by atoms with Gasteiger partial charge in [0.05, 0.1) is 6.10 Å². The van der Waals surface area contributed by atoms with E-state index in [0.29, 0.717) is 0 Å². The number of aromatic nitrogens is 1. The first-order chi connectivity index (χ1) is 27.8. The van der Waals surface area contributed by atoms with Gasteiger partial charge in [-0.25, -0.2) is 0 Å². The molecule has 2 fully saturated rings. The van der Waals surface area contributed by atoms with Crippen molar-refractivity contribution in [2.75, 3.05) is 6.54 Å². The molecule has 14 nitrogen and oxygen atoms in total. The van der Waals surface area contributed by atoms with Gasteiger partial charge in [-0.05, 0) is 34.6 Å². The first kappa shape index (κ1) is 41.6. The number of carbonyl (C=O) groups excluding carboxylic acids is 6. The quantitative estimate of drug-likeness (QED) is 0.141. The normalized spacial score (nSPS) is 25.4. The lowest BCUT2D eigenvalue weighted by Gasteiger charge is -2.32. The average molecular weight is 792 g/mol. The summed E-state index contributed by atoms with van der Waals surface area (Å²) in [6.07, 6.45) is 0.763. The highest BCUT2D eigenvalue weighted by atomic mass is 16.3. The highest BCUT2D eigenvalue weighted by molar-refractivity contribution is 5.99. The second kappa shape index (κ2) is 18.5. The van der Waals surface area contributed by atoms with Gasteiger partial charge in [-0.1, -0.05) is 107 Å². The number of aliphatic hydroxyl groups excluding tert-OH is 1. The number of amides is 6. The van der Waals surface area contributed by atoms with Gasteiger partial charge in [0.1, 0.15) is 36.3 Å². The summed E-state index contributed by atoms with van der Waals surface area (Å²) in [5, 5.41) is 25.9. The van der Waals surface area contributed by atoms with Crippen molar-refractivity contribution in [3.8, 4) is 0 Å². The molecule has 7 N–H and O–H groups in total. The van der Waals surface area contributed by atoms with Crippen LogP contribution in [0.2, 0.25) is 0 Å².